The van der Waals surface area contributed by atoms with Gasteiger partial charge in [0.05, 0.1) is 11.4 Å². The van der Waals surface area contributed by atoms with Gasteiger partial charge in [0.15, 0.2) is 5.69 Å². The molecule has 0 atom stereocenters. The molecule has 0 radical (unpaired) electrons. The van der Waals surface area contributed by atoms with Gasteiger partial charge in [0, 0.05) is 11.3 Å². The predicted molar refractivity (Wildman–Crippen MR) is 81.9 cm³/mol. The number of nitrogen functional groups attached to an aromatic ring is 1. The maximum Gasteiger partial charge on any atom is 0.269 e. The second-order valence-corrected chi connectivity index (χ2v) is 4.79. The molecule has 5 nitrogen and oxygen atoms in total. The van der Waals surface area contributed by atoms with E-state index < -0.39 is 5.91 Å². The van der Waals surface area contributed by atoms with E-state index in [9.17, 15) is 9.18 Å². The monoisotopic (exact) mass is 296 g/mol. The highest BCUT2D eigenvalue weighted by molar-refractivity contribution is 5.92. The third kappa shape index (κ3) is 2.54. The van der Waals surface area contributed by atoms with Crippen LogP contribution in [0.25, 0.3) is 16.9 Å². The number of amides is 1. The zero-order chi connectivity index (χ0) is 15.7. The van der Waals surface area contributed by atoms with E-state index in [4.69, 9.17) is 11.5 Å². The predicted octanol–water partition coefficient (Wildman–Crippen LogP) is 2.36. The molecule has 3 rings (SSSR count). The molecule has 4 N–H and O–H groups in total. The molecule has 0 spiro atoms. The second-order valence-electron chi connectivity index (χ2n) is 4.79. The van der Waals surface area contributed by atoms with Gasteiger partial charge in [0.2, 0.25) is 0 Å². The Bertz CT molecular complexity index is 759. The number of rotatable bonds is 3. The van der Waals surface area contributed by atoms with Crippen LogP contribution in [0.3, 0.4) is 0 Å². The maximum absolute atomic E-state index is 13.1. The molecule has 1 amide bonds. The number of hydrogen-bond donors (Lipinski definition) is 2. The van der Waals surface area contributed by atoms with Gasteiger partial charge in [-0.25, -0.2) is 9.07 Å². The largest absolute Gasteiger partial charge is 0.399 e. The van der Waals surface area contributed by atoms with Crippen LogP contribution in [-0.2, 0) is 0 Å². The van der Waals surface area contributed by atoms with Crippen molar-refractivity contribution in [2.75, 3.05) is 5.73 Å². The van der Waals surface area contributed by atoms with Crippen molar-refractivity contribution >= 4 is 11.6 Å². The average molecular weight is 296 g/mol. The van der Waals surface area contributed by atoms with Crippen molar-refractivity contribution in [3.63, 3.8) is 0 Å². The van der Waals surface area contributed by atoms with Crippen LogP contribution in [-0.4, -0.2) is 15.7 Å². The Morgan fingerprint density at radius 2 is 1.68 bits per heavy atom. The van der Waals surface area contributed by atoms with Gasteiger partial charge in [-0.05, 0) is 42.5 Å². The van der Waals surface area contributed by atoms with Crippen LogP contribution in [0.5, 0.6) is 0 Å². The summed E-state index contributed by atoms with van der Waals surface area (Å²) in [5, 5.41) is 4.20. The molecule has 2 aromatic carbocycles. The molecule has 0 fully saturated rings. The second kappa shape index (κ2) is 5.33. The molecule has 0 saturated carbocycles. The Labute approximate surface area is 126 Å². The minimum Gasteiger partial charge on any atom is -0.399 e. The lowest BCUT2D eigenvalue weighted by Crippen LogP contribution is -2.12. The molecule has 110 valence electrons. The topological polar surface area (TPSA) is 86.9 Å². The van der Waals surface area contributed by atoms with Gasteiger partial charge in [0.25, 0.3) is 5.91 Å². The van der Waals surface area contributed by atoms with Crippen molar-refractivity contribution < 1.29 is 9.18 Å². The Hall–Kier alpha value is -3.15. The maximum atomic E-state index is 13.1. The SMILES string of the molecule is NC(=O)c1cc(-c2ccc(N)cc2)n(-c2ccc(F)cc2)n1. The van der Waals surface area contributed by atoms with Gasteiger partial charge < -0.3 is 11.5 Å². The van der Waals surface area contributed by atoms with E-state index in [0.717, 1.165) is 5.56 Å². The summed E-state index contributed by atoms with van der Waals surface area (Å²) in [5.41, 5.74) is 13.9. The molecule has 0 aliphatic rings. The highest BCUT2D eigenvalue weighted by Crippen LogP contribution is 2.25. The fourth-order valence-corrected chi connectivity index (χ4v) is 2.14. The van der Waals surface area contributed by atoms with Crippen molar-refractivity contribution in [1.82, 2.24) is 9.78 Å². The van der Waals surface area contributed by atoms with Crippen molar-refractivity contribution in [1.29, 1.82) is 0 Å². The lowest BCUT2D eigenvalue weighted by Gasteiger charge is -2.07. The van der Waals surface area contributed by atoms with Crippen molar-refractivity contribution in [2.24, 2.45) is 5.73 Å². The van der Waals surface area contributed by atoms with E-state index in [-0.39, 0.29) is 11.5 Å². The molecule has 0 aliphatic carbocycles. The Morgan fingerprint density at radius 3 is 2.27 bits per heavy atom. The highest BCUT2D eigenvalue weighted by Gasteiger charge is 2.14. The molecule has 0 unspecified atom stereocenters. The zero-order valence-electron chi connectivity index (χ0n) is 11.5. The molecular formula is C16H13FN4O. The van der Waals surface area contributed by atoms with Crippen LogP contribution in [0.2, 0.25) is 0 Å². The first kappa shape index (κ1) is 13.8. The van der Waals surface area contributed by atoms with E-state index in [1.54, 1.807) is 35.0 Å². The molecular weight excluding hydrogens is 283 g/mol. The fourth-order valence-electron chi connectivity index (χ4n) is 2.14. The zero-order valence-corrected chi connectivity index (χ0v) is 11.5. The number of hydrogen-bond acceptors (Lipinski definition) is 3. The average Bonchev–Trinajstić information content (AvgIpc) is 2.94. The van der Waals surface area contributed by atoms with Crippen molar-refractivity contribution in [3.05, 3.63) is 66.1 Å². The number of nitrogens with two attached hydrogens (primary N) is 2. The fraction of sp³-hybridized carbons (Fsp3) is 0. The van der Waals surface area contributed by atoms with Crippen LogP contribution in [0.15, 0.2) is 54.6 Å². The summed E-state index contributed by atoms with van der Waals surface area (Å²) < 4.78 is 14.6. The van der Waals surface area contributed by atoms with Gasteiger partial charge >= 0.3 is 0 Å². The molecule has 1 heterocycles. The smallest absolute Gasteiger partial charge is 0.269 e. The minimum absolute atomic E-state index is 0.135. The summed E-state index contributed by atoms with van der Waals surface area (Å²) in [6, 6.07) is 14.5. The number of halogens is 1. The van der Waals surface area contributed by atoms with Crippen LogP contribution < -0.4 is 11.5 Å². The number of primary amides is 1. The van der Waals surface area contributed by atoms with E-state index in [2.05, 4.69) is 5.10 Å². The number of benzene rings is 2. The van der Waals surface area contributed by atoms with E-state index in [0.29, 0.717) is 17.1 Å². The van der Waals surface area contributed by atoms with Gasteiger partial charge in [0.1, 0.15) is 5.82 Å². The molecule has 0 aliphatic heterocycles. The Kier molecular flexibility index (Phi) is 3.34. The lowest BCUT2D eigenvalue weighted by molar-refractivity contribution is 0.0995. The quantitative estimate of drug-likeness (QED) is 0.727. The van der Waals surface area contributed by atoms with Crippen LogP contribution in [0.4, 0.5) is 10.1 Å². The minimum atomic E-state index is -0.627. The Balaban J connectivity index is 2.17. The molecule has 0 saturated heterocycles. The summed E-state index contributed by atoms with van der Waals surface area (Å²) in [4.78, 5) is 11.4. The van der Waals surface area contributed by atoms with Gasteiger partial charge in [-0.1, -0.05) is 12.1 Å². The van der Waals surface area contributed by atoms with Crippen LogP contribution in [0, 0.1) is 5.82 Å². The molecule has 0 bridgehead atoms. The summed E-state index contributed by atoms with van der Waals surface area (Å²) in [6.45, 7) is 0. The number of carbonyl (C=O) groups is 1. The summed E-state index contributed by atoms with van der Waals surface area (Å²) in [6.07, 6.45) is 0. The summed E-state index contributed by atoms with van der Waals surface area (Å²) in [5.74, 6) is -0.974. The van der Waals surface area contributed by atoms with Crippen LogP contribution >= 0.6 is 0 Å². The first-order valence-corrected chi connectivity index (χ1v) is 6.56. The van der Waals surface area contributed by atoms with E-state index >= 15 is 0 Å². The van der Waals surface area contributed by atoms with E-state index in [1.165, 1.54) is 12.1 Å². The molecule has 3 aromatic rings. The summed E-state index contributed by atoms with van der Waals surface area (Å²) >= 11 is 0. The first-order chi connectivity index (χ1) is 10.5. The van der Waals surface area contributed by atoms with Crippen molar-refractivity contribution in [3.8, 4) is 16.9 Å². The normalized spacial score (nSPS) is 10.6. The molecule has 6 heteroatoms. The van der Waals surface area contributed by atoms with Gasteiger partial charge in [-0.3, -0.25) is 4.79 Å². The van der Waals surface area contributed by atoms with Gasteiger partial charge in [-0.2, -0.15) is 5.10 Å². The summed E-state index contributed by atoms with van der Waals surface area (Å²) in [7, 11) is 0. The first-order valence-electron chi connectivity index (χ1n) is 6.56. The van der Waals surface area contributed by atoms with E-state index in [1.807, 2.05) is 12.1 Å². The standard InChI is InChI=1S/C16H13FN4O/c17-11-3-7-13(8-4-11)21-15(9-14(20-21)16(19)22)10-1-5-12(18)6-2-10/h1-9H,18H2,(H2,19,22). The molecule has 22 heavy (non-hydrogen) atoms. The number of aromatic nitrogens is 2. The molecule has 1 aromatic heterocycles. The lowest BCUT2D eigenvalue weighted by atomic mass is 10.1. The number of carbonyl (C=O) groups excluding carboxylic acids is 1. The van der Waals surface area contributed by atoms with Gasteiger partial charge in [-0.15, -0.1) is 0 Å². The van der Waals surface area contributed by atoms with Crippen molar-refractivity contribution in [2.45, 2.75) is 0 Å². The van der Waals surface area contributed by atoms with Crippen LogP contribution in [0.1, 0.15) is 10.5 Å². The third-order valence-corrected chi connectivity index (χ3v) is 3.24. The number of nitrogens with zero attached hydrogens (tertiary/aromatic N) is 2. The Morgan fingerprint density at radius 1 is 1.05 bits per heavy atom. The highest BCUT2D eigenvalue weighted by atomic mass is 19.1. The number of anilines is 1. The third-order valence-electron chi connectivity index (χ3n) is 3.24.